The number of hydrogen-bond donors (Lipinski definition) is 1. The van der Waals surface area contributed by atoms with Gasteiger partial charge < -0.3 is 14.9 Å². The molecule has 2 unspecified atom stereocenters. The summed E-state index contributed by atoms with van der Waals surface area (Å²) in [5, 5.41) is 8.89. The molecule has 6 nitrogen and oxygen atoms in total. The van der Waals surface area contributed by atoms with Crippen LogP contribution in [0.2, 0.25) is 0 Å². The quantitative estimate of drug-likeness (QED) is 0.882. The number of carboxylic acid groups (broad SMARTS) is 1. The zero-order valence-corrected chi connectivity index (χ0v) is 13.2. The SMILES string of the molecule is O=C(O)C1CC1C(=O)N1CCN(C(=O)Cc2ccccc2F)CC1. The summed E-state index contributed by atoms with van der Waals surface area (Å²) in [5.41, 5.74) is 0.364. The maximum atomic E-state index is 13.6. The summed E-state index contributed by atoms with van der Waals surface area (Å²) in [6.45, 7) is 1.57. The van der Waals surface area contributed by atoms with Gasteiger partial charge in [-0.2, -0.15) is 0 Å². The van der Waals surface area contributed by atoms with E-state index in [2.05, 4.69) is 0 Å². The molecule has 0 aromatic heterocycles. The number of benzene rings is 1. The first-order valence-electron chi connectivity index (χ1n) is 8.00. The second-order valence-corrected chi connectivity index (χ2v) is 6.26. The van der Waals surface area contributed by atoms with Crippen LogP contribution < -0.4 is 0 Å². The summed E-state index contributed by atoms with van der Waals surface area (Å²) in [5.74, 6) is -2.59. The topological polar surface area (TPSA) is 77.9 Å². The Hall–Kier alpha value is -2.44. The molecule has 128 valence electrons. The van der Waals surface area contributed by atoms with E-state index in [1.165, 1.54) is 6.07 Å². The van der Waals surface area contributed by atoms with Gasteiger partial charge in [0.25, 0.3) is 0 Å². The Labute approximate surface area is 138 Å². The van der Waals surface area contributed by atoms with Crippen LogP contribution in [-0.4, -0.2) is 58.9 Å². The Balaban J connectivity index is 1.50. The van der Waals surface area contributed by atoms with Gasteiger partial charge in [0.15, 0.2) is 0 Å². The summed E-state index contributed by atoms with van der Waals surface area (Å²) in [6.07, 6.45) is 0.408. The first kappa shape index (κ1) is 16.4. The average Bonchev–Trinajstić information content (AvgIpc) is 3.37. The summed E-state index contributed by atoms with van der Waals surface area (Å²) in [4.78, 5) is 38.6. The maximum Gasteiger partial charge on any atom is 0.307 e. The van der Waals surface area contributed by atoms with Crippen LogP contribution in [0.15, 0.2) is 24.3 Å². The van der Waals surface area contributed by atoms with Gasteiger partial charge in [-0.15, -0.1) is 0 Å². The lowest BCUT2D eigenvalue weighted by molar-refractivity contribution is -0.143. The molecule has 2 aliphatic rings. The third-order valence-corrected chi connectivity index (χ3v) is 4.67. The van der Waals surface area contributed by atoms with Crippen molar-refractivity contribution in [2.45, 2.75) is 12.8 Å². The van der Waals surface area contributed by atoms with E-state index in [0.717, 1.165) is 0 Å². The van der Waals surface area contributed by atoms with Crippen LogP contribution in [-0.2, 0) is 20.8 Å². The van der Waals surface area contributed by atoms with Crippen molar-refractivity contribution >= 4 is 17.8 Å². The Morgan fingerprint density at radius 2 is 1.67 bits per heavy atom. The van der Waals surface area contributed by atoms with Gasteiger partial charge in [0.05, 0.1) is 18.3 Å². The minimum Gasteiger partial charge on any atom is -0.481 e. The molecule has 1 heterocycles. The smallest absolute Gasteiger partial charge is 0.307 e. The molecular weight excluding hydrogens is 315 g/mol. The minimum atomic E-state index is -0.924. The fourth-order valence-electron chi connectivity index (χ4n) is 3.07. The number of aliphatic carboxylic acids is 1. The molecule has 1 aliphatic carbocycles. The van der Waals surface area contributed by atoms with Crippen LogP contribution in [0.5, 0.6) is 0 Å². The van der Waals surface area contributed by atoms with Crippen molar-refractivity contribution in [1.82, 2.24) is 9.80 Å². The molecule has 7 heteroatoms. The normalized spacial score (nSPS) is 23.0. The van der Waals surface area contributed by atoms with Crippen LogP contribution in [0.3, 0.4) is 0 Å². The average molecular weight is 334 g/mol. The molecule has 3 rings (SSSR count). The van der Waals surface area contributed by atoms with Crippen molar-refractivity contribution in [2.75, 3.05) is 26.2 Å². The Kier molecular flexibility index (Phi) is 4.51. The summed E-state index contributed by atoms with van der Waals surface area (Å²) in [6, 6.07) is 6.19. The molecule has 1 saturated heterocycles. The predicted molar refractivity (Wildman–Crippen MR) is 82.5 cm³/mol. The number of nitrogens with zero attached hydrogens (tertiary/aromatic N) is 2. The number of carbonyl (C=O) groups excluding carboxylic acids is 2. The van der Waals surface area contributed by atoms with E-state index in [4.69, 9.17) is 5.11 Å². The van der Waals surface area contributed by atoms with E-state index < -0.39 is 23.6 Å². The number of amides is 2. The van der Waals surface area contributed by atoms with Crippen molar-refractivity contribution in [3.63, 3.8) is 0 Å². The molecule has 0 bridgehead atoms. The number of hydrogen-bond acceptors (Lipinski definition) is 3. The van der Waals surface area contributed by atoms with Crippen molar-refractivity contribution < 1.29 is 23.9 Å². The number of halogens is 1. The molecule has 1 aliphatic heterocycles. The predicted octanol–water partition coefficient (Wildman–Crippen LogP) is 0.760. The first-order chi connectivity index (χ1) is 11.5. The van der Waals surface area contributed by atoms with Crippen molar-refractivity contribution in [3.8, 4) is 0 Å². The molecule has 2 atom stereocenters. The van der Waals surface area contributed by atoms with E-state index in [1.54, 1.807) is 28.0 Å². The van der Waals surface area contributed by atoms with Crippen LogP contribution in [0.25, 0.3) is 0 Å². The highest BCUT2D eigenvalue weighted by molar-refractivity contribution is 5.89. The molecular formula is C17H19FN2O4. The molecule has 1 aromatic rings. The van der Waals surface area contributed by atoms with Crippen molar-refractivity contribution in [3.05, 3.63) is 35.6 Å². The van der Waals surface area contributed by atoms with Gasteiger partial charge in [0.2, 0.25) is 11.8 Å². The summed E-state index contributed by atoms with van der Waals surface area (Å²) in [7, 11) is 0. The van der Waals surface area contributed by atoms with Crippen LogP contribution in [0.1, 0.15) is 12.0 Å². The van der Waals surface area contributed by atoms with Gasteiger partial charge in [0.1, 0.15) is 5.82 Å². The Bertz CT molecular complexity index is 670. The first-order valence-corrected chi connectivity index (χ1v) is 8.00. The van der Waals surface area contributed by atoms with E-state index in [1.807, 2.05) is 0 Å². The maximum absolute atomic E-state index is 13.6. The monoisotopic (exact) mass is 334 g/mol. The highest BCUT2D eigenvalue weighted by Gasteiger charge is 2.50. The van der Waals surface area contributed by atoms with Crippen molar-refractivity contribution in [2.24, 2.45) is 11.8 Å². The molecule has 24 heavy (non-hydrogen) atoms. The number of rotatable bonds is 4. The fraction of sp³-hybridized carbons (Fsp3) is 0.471. The summed E-state index contributed by atoms with van der Waals surface area (Å²) < 4.78 is 13.6. The van der Waals surface area contributed by atoms with Gasteiger partial charge in [0, 0.05) is 26.2 Å². The van der Waals surface area contributed by atoms with Gasteiger partial charge in [-0.05, 0) is 18.1 Å². The van der Waals surface area contributed by atoms with Crippen LogP contribution in [0, 0.1) is 17.7 Å². The van der Waals surface area contributed by atoms with Crippen molar-refractivity contribution in [1.29, 1.82) is 0 Å². The highest BCUT2D eigenvalue weighted by Crippen LogP contribution is 2.40. The zero-order valence-electron chi connectivity index (χ0n) is 13.2. The third-order valence-electron chi connectivity index (χ3n) is 4.67. The third kappa shape index (κ3) is 3.39. The number of carbonyl (C=O) groups is 3. The molecule has 2 amide bonds. The van der Waals surface area contributed by atoms with E-state index >= 15 is 0 Å². The zero-order chi connectivity index (χ0) is 17.3. The fourth-order valence-corrected chi connectivity index (χ4v) is 3.07. The van der Waals surface area contributed by atoms with Crippen LogP contribution in [0.4, 0.5) is 4.39 Å². The lowest BCUT2D eigenvalue weighted by Crippen LogP contribution is -2.51. The molecule has 1 saturated carbocycles. The highest BCUT2D eigenvalue weighted by atomic mass is 19.1. The second kappa shape index (κ2) is 6.59. The lowest BCUT2D eigenvalue weighted by atomic mass is 10.1. The molecule has 1 N–H and O–H groups in total. The summed E-state index contributed by atoms with van der Waals surface area (Å²) >= 11 is 0. The van der Waals surface area contributed by atoms with Gasteiger partial charge >= 0.3 is 5.97 Å². The molecule has 1 aromatic carbocycles. The molecule has 2 fully saturated rings. The largest absolute Gasteiger partial charge is 0.481 e. The van der Waals surface area contributed by atoms with Gasteiger partial charge in [-0.1, -0.05) is 18.2 Å². The standard InChI is InChI=1S/C17H19FN2O4/c18-14-4-2-1-3-11(14)9-15(21)19-5-7-20(8-6-19)16(22)12-10-13(12)17(23)24/h1-4,12-13H,5-10H2,(H,23,24). The van der Waals surface area contributed by atoms with E-state index in [9.17, 15) is 18.8 Å². The van der Waals surface area contributed by atoms with E-state index in [0.29, 0.717) is 38.2 Å². The second-order valence-electron chi connectivity index (χ2n) is 6.26. The minimum absolute atomic E-state index is 0.00430. The Morgan fingerprint density at radius 3 is 2.25 bits per heavy atom. The van der Waals surface area contributed by atoms with Crippen LogP contribution >= 0.6 is 0 Å². The van der Waals surface area contributed by atoms with Gasteiger partial charge in [-0.3, -0.25) is 14.4 Å². The number of carboxylic acids is 1. The molecule has 0 radical (unpaired) electrons. The van der Waals surface area contributed by atoms with E-state index in [-0.39, 0.29) is 18.2 Å². The Morgan fingerprint density at radius 1 is 1.04 bits per heavy atom. The number of piperazine rings is 1. The lowest BCUT2D eigenvalue weighted by Gasteiger charge is -2.35. The molecule has 0 spiro atoms. The van der Waals surface area contributed by atoms with Gasteiger partial charge in [-0.25, -0.2) is 4.39 Å².